The summed E-state index contributed by atoms with van der Waals surface area (Å²) in [5.41, 5.74) is 36.5. The molecule has 11 rings (SSSR count). The molecule has 0 amide bonds. The highest BCUT2D eigenvalue weighted by Gasteiger charge is 2.29. The van der Waals surface area contributed by atoms with Crippen LogP contribution in [-0.4, -0.2) is 169 Å². The van der Waals surface area contributed by atoms with Crippen LogP contribution in [0.15, 0.2) is 78.9 Å². The largest absolute Gasteiger partial charge is 0.312 e. The van der Waals surface area contributed by atoms with Crippen LogP contribution in [0.25, 0.3) is 104 Å². The van der Waals surface area contributed by atoms with E-state index in [0.29, 0.717) is 17.5 Å². The molecule has 4 nitrogen and oxygen atoms in total. The van der Waals surface area contributed by atoms with Gasteiger partial charge in [-0.15, -0.1) is 33.2 Å². The van der Waals surface area contributed by atoms with Gasteiger partial charge in [0, 0.05) is 42.8 Å². The van der Waals surface area contributed by atoms with Crippen molar-refractivity contribution >= 4 is 306 Å². The molecule has 3 heterocycles. The van der Waals surface area contributed by atoms with Gasteiger partial charge in [-0.1, -0.05) is 155 Å². The van der Waals surface area contributed by atoms with Crippen LogP contribution in [-0.2, 0) is 0 Å². The molecule has 24 heteroatoms. The zero-order chi connectivity index (χ0) is 53.5. The number of fused-ring (bicyclic) bond motifs is 6. The first-order valence-corrected chi connectivity index (χ1v) is 27.5. The lowest BCUT2D eigenvalue weighted by atomic mass is 9.63. The number of thiophene rings is 1. The van der Waals surface area contributed by atoms with Gasteiger partial charge in [0.2, 0.25) is 0 Å². The first-order valence-electron chi connectivity index (χ1n) is 26.7. The van der Waals surface area contributed by atoms with Crippen LogP contribution in [0.4, 0.5) is 0 Å². The molecule has 0 atom stereocenters. The highest BCUT2D eigenvalue weighted by atomic mass is 32.1. The van der Waals surface area contributed by atoms with Gasteiger partial charge in [0.05, 0.1) is 0 Å². The second kappa shape index (κ2) is 18.6. The van der Waals surface area contributed by atoms with Crippen LogP contribution in [0.2, 0.25) is 0 Å². The number of benzene rings is 8. The molecule has 0 saturated carbocycles. The molecule has 0 unspecified atom stereocenters. The molecule has 0 bridgehead atoms. The summed E-state index contributed by atoms with van der Waals surface area (Å²) in [6.07, 6.45) is 0. The van der Waals surface area contributed by atoms with Crippen LogP contribution >= 0.6 is 11.3 Å². The third kappa shape index (κ3) is 7.56. The Labute approximate surface area is 463 Å². The lowest BCUT2D eigenvalue weighted by Crippen LogP contribution is -2.50. The Morgan fingerprint density at radius 2 is 0.667 bits per heavy atom. The average Bonchev–Trinajstić information content (AvgIpc) is 4.10. The van der Waals surface area contributed by atoms with E-state index in [1.54, 1.807) is 0 Å². The molecule has 11 aromatic rings. The molecule has 3 aromatic heterocycles. The monoisotopic (exact) mass is 961 g/mol. The summed E-state index contributed by atoms with van der Waals surface area (Å²) in [7, 11) is 43.8. The van der Waals surface area contributed by atoms with Gasteiger partial charge >= 0.3 is 0 Å². The molecule has 0 spiro atoms. The summed E-state index contributed by atoms with van der Waals surface area (Å²) in [5.74, 6) is 2.07. The van der Waals surface area contributed by atoms with Crippen molar-refractivity contribution < 1.29 is 0 Å². The van der Waals surface area contributed by atoms with Crippen LogP contribution < -0.4 is 104 Å². The van der Waals surface area contributed by atoms with Crippen molar-refractivity contribution in [3.05, 3.63) is 78.9 Å². The Morgan fingerprint density at radius 1 is 0.280 bits per heavy atom. The smallest absolute Gasteiger partial charge is 0.164 e. The van der Waals surface area contributed by atoms with Gasteiger partial charge < -0.3 is 4.57 Å². The normalized spacial score (nSPS) is 11.7. The van der Waals surface area contributed by atoms with Crippen molar-refractivity contribution in [2.45, 2.75) is 0 Å². The van der Waals surface area contributed by atoms with Gasteiger partial charge in [-0.3, -0.25) is 0 Å². The highest BCUT2D eigenvalue weighted by Crippen LogP contribution is 2.37. The van der Waals surface area contributed by atoms with Crippen LogP contribution in [0, 0.1) is 0 Å². The molecule has 0 fully saturated rings. The fourth-order valence-electron chi connectivity index (χ4n) is 12.7. The number of rotatable bonds is 6. The van der Waals surface area contributed by atoms with Crippen LogP contribution in [0.1, 0.15) is 0 Å². The number of hydrogen-bond acceptors (Lipinski definition) is 4. The second-order valence-corrected chi connectivity index (χ2v) is 23.1. The molecule has 0 radical (unpaired) electrons. The predicted molar refractivity (Wildman–Crippen MR) is 390 cm³/mol. The van der Waals surface area contributed by atoms with Gasteiger partial charge in [0.25, 0.3) is 0 Å². The number of hydrogen-bond donors (Lipinski definition) is 0. The Bertz CT molecular complexity index is 4270. The molecule has 0 aliphatic heterocycles. The van der Waals surface area contributed by atoms with Gasteiger partial charge in [-0.25, -0.2) is 15.0 Å². The molecule has 8 aromatic carbocycles. The van der Waals surface area contributed by atoms with E-state index >= 15 is 0 Å². The van der Waals surface area contributed by atoms with Crippen LogP contribution in [0.5, 0.6) is 0 Å². The van der Waals surface area contributed by atoms with Gasteiger partial charge in [-0.2, -0.15) is 0 Å². The lowest BCUT2D eigenvalue weighted by Gasteiger charge is -2.25. The van der Waals surface area contributed by atoms with Crippen molar-refractivity contribution in [1.82, 2.24) is 19.5 Å². The SMILES string of the molecule is Bc1c(B)c(-c2nc(-c3ccc(-c4cccc(-c5ccccc5)c4)cc3)nc(-c3c(B)c(B)c(B)c4c3sc3c(B)c(B)c(B)c(B)c34)n2)c(B)c(-n2c3c(B)c(B)c(B)c(B)c3c3c(B)c(B)c(B)c(B)c32)c1B. The van der Waals surface area contributed by atoms with Gasteiger partial charge in [-0.05, 0) is 49.9 Å². The van der Waals surface area contributed by atoms with E-state index in [-0.39, 0.29) is 0 Å². The fraction of sp³-hybridized carbons (Fsp3) is 0. The standard InChI is InChI=1S/C51H51B19N4S/c52-25-19-20-26(53)34(61)38(65)41(68)45(20)74(44(19)40(67)37(64)33(25)60)46-31(58)23(29(56)36(63)42(46)69)50-71-49(16-11-9-15(10-12-16)18-8-4-7-17(13-18)14-5-2-1-3-6-14)72-51(73-50)24-30(57)32(59)27(54)21-22-28(55)35(62)39(66)43(70)48(22)75-47(21)24/h1-13H,52-70H2. The summed E-state index contributed by atoms with van der Waals surface area (Å²) < 4.78 is 5.24. The summed E-state index contributed by atoms with van der Waals surface area (Å²) in [4.78, 5) is 17.0. The third-order valence-corrected chi connectivity index (χ3v) is 20.1. The maximum Gasteiger partial charge on any atom is 0.164 e. The topological polar surface area (TPSA) is 43.6 Å². The van der Waals surface area contributed by atoms with E-state index in [2.05, 4.69) is 233 Å². The predicted octanol–water partition coefficient (Wildman–Crippen LogP) is -19.4. The minimum absolute atomic E-state index is 0.663. The lowest BCUT2D eigenvalue weighted by molar-refractivity contribution is 1.08. The summed E-state index contributed by atoms with van der Waals surface area (Å²) in [6, 6.07) is 28.3. The van der Waals surface area contributed by atoms with Gasteiger partial charge in [0.15, 0.2) is 17.5 Å². The number of nitrogens with zero attached hydrogens (tertiary/aromatic N) is 4. The average molecular weight is 957 g/mol. The first-order chi connectivity index (χ1) is 35.7. The van der Waals surface area contributed by atoms with E-state index in [9.17, 15) is 0 Å². The molecule has 0 aliphatic carbocycles. The van der Waals surface area contributed by atoms with E-state index in [1.807, 2.05) is 11.3 Å². The zero-order valence-electron chi connectivity index (χ0n) is 47.7. The summed E-state index contributed by atoms with van der Waals surface area (Å²) >= 11 is 1.91. The quantitative estimate of drug-likeness (QED) is 0.156. The Hall–Kier alpha value is -5.98. The van der Waals surface area contributed by atoms with E-state index in [4.69, 9.17) is 15.0 Å². The Kier molecular flexibility index (Phi) is 12.7. The molecule has 0 aliphatic rings. The van der Waals surface area contributed by atoms with Crippen molar-refractivity contribution in [2.24, 2.45) is 0 Å². The first kappa shape index (κ1) is 51.1. The van der Waals surface area contributed by atoms with E-state index in [1.165, 1.54) is 163 Å². The van der Waals surface area contributed by atoms with Crippen molar-refractivity contribution in [3.8, 4) is 62.1 Å². The van der Waals surface area contributed by atoms with E-state index in [0.717, 1.165) is 27.7 Å². The molecule has 0 saturated heterocycles. The Balaban J connectivity index is 1.23. The maximum atomic E-state index is 5.76. The molecule has 0 N–H and O–H groups in total. The molecule has 75 heavy (non-hydrogen) atoms. The maximum absolute atomic E-state index is 5.76. The second-order valence-electron chi connectivity index (χ2n) is 22.1. The molecular weight excluding hydrogens is 906 g/mol. The van der Waals surface area contributed by atoms with Crippen molar-refractivity contribution in [3.63, 3.8) is 0 Å². The zero-order valence-corrected chi connectivity index (χ0v) is 48.5. The van der Waals surface area contributed by atoms with Crippen LogP contribution in [0.3, 0.4) is 0 Å². The minimum Gasteiger partial charge on any atom is -0.312 e. The molecule has 338 valence electrons. The molecular formula is C51H51B19N4S. The summed E-state index contributed by atoms with van der Waals surface area (Å²) in [6.45, 7) is 0. The van der Waals surface area contributed by atoms with Crippen molar-refractivity contribution in [1.29, 1.82) is 0 Å². The Morgan fingerprint density at radius 3 is 1.21 bits per heavy atom. The third-order valence-electron chi connectivity index (χ3n) is 18.8. The fourth-order valence-corrected chi connectivity index (χ4v) is 14.3. The highest BCUT2D eigenvalue weighted by molar-refractivity contribution is 7.28. The minimum atomic E-state index is 0.663. The number of aromatic nitrogens is 4. The van der Waals surface area contributed by atoms with E-state index < -0.39 is 0 Å². The summed E-state index contributed by atoms with van der Waals surface area (Å²) in [5, 5.41) is 5.41. The van der Waals surface area contributed by atoms with Gasteiger partial charge in [0.1, 0.15) is 149 Å². The van der Waals surface area contributed by atoms with Crippen molar-refractivity contribution in [2.75, 3.05) is 0 Å².